The van der Waals surface area contributed by atoms with Crippen molar-refractivity contribution in [1.29, 1.82) is 0 Å². The molecule has 1 atom stereocenters. The monoisotopic (exact) mass is 363 g/mol. The number of carbonyl (C=O) groups excluding carboxylic acids is 2. The summed E-state index contributed by atoms with van der Waals surface area (Å²) in [5.41, 5.74) is 2.26. The highest BCUT2D eigenvalue weighted by molar-refractivity contribution is 6.35. The number of aryl methyl sites for hydroxylation is 2. The fourth-order valence-corrected chi connectivity index (χ4v) is 3.72. The van der Waals surface area contributed by atoms with Gasteiger partial charge in [-0.05, 0) is 57.7 Å². The molecule has 1 fully saturated rings. The molecule has 2 aromatic rings. The van der Waals surface area contributed by atoms with E-state index in [1.54, 1.807) is 11.8 Å². The minimum Gasteiger partial charge on any atom is -0.464 e. The molecule has 1 aromatic heterocycles. The highest BCUT2D eigenvalue weighted by Crippen LogP contribution is 2.33. The van der Waals surface area contributed by atoms with Gasteiger partial charge in [0.1, 0.15) is 6.04 Å². The van der Waals surface area contributed by atoms with Crippen LogP contribution in [0.4, 0.5) is 0 Å². The van der Waals surface area contributed by atoms with Gasteiger partial charge in [-0.2, -0.15) is 0 Å². The first-order chi connectivity index (χ1) is 11.9. The second kappa shape index (κ2) is 7.08. The van der Waals surface area contributed by atoms with Crippen LogP contribution in [-0.4, -0.2) is 36.0 Å². The summed E-state index contributed by atoms with van der Waals surface area (Å²) in [5, 5.41) is 1.32. The van der Waals surface area contributed by atoms with Crippen LogP contribution >= 0.6 is 11.6 Å². The van der Waals surface area contributed by atoms with Gasteiger partial charge in [0.15, 0.2) is 11.3 Å². The van der Waals surface area contributed by atoms with E-state index in [0.717, 1.165) is 29.4 Å². The van der Waals surface area contributed by atoms with Crippen molar-refractivity contribution in [1.82, 2.24) is 4.90 Å². The zero-order chi connectivity index (χ0) is 18.1. The van der Waals surface area contributed by atoms with Gasteiger partial charge < -0.3 is 14.1 Å². The number of hydrogen-bond acceptors (Lipinski definition) is 4. The van der Waals surface area contributed by atoms with Gasteiger partial charge >= 0.3 is 5.97 Å². The van der Waals surface area contributed by atoms with Crippen LogP contribution < -0.4 is 0 Å². The van der Waals surface area contributed by atoms with Crippen molar-refractivity contribution in [3.63, 3.8) is 0 Å². The lowest BCUT2D eigenvalue weighted by molar-refractivity contribution is -0.149. The predicted molar refractivity (Wildman–Crippen MR) is 96.0 cm³/mol. The number of ether oxygens (including phenoxy) is 1. The second-order valence-corrected chi connectivity index (χ2v) is 6.85. The molecule has 0 saturated carbocycles. The molecular weight excluding hydrogens is 342 g/mol. The van der Waals surface area contributed by atoms with Crippen LogP contribution in [0.1, 0.15) is 47.9 Å². The highest BCUT2D eigenvalue weighted by Gasteiger charge is 2.36. The third-order valence-corrected chi connectivity index (χ3v) is 4.93. The Labute approximate surface area is 151 Å². The summed E-state index contributed by atoms with van der Waals surface area (Å²) in [7, 11) is 0. The number of hydrogen-bond donors (Lipinski definition) is 0. The molecule has 1 aliphatic heterocycles. The summed E-state index contributed by atoms with van der Waals surface area (Å²) in [5.74, 6) is -0.378. The normalized spacial score (nSPS) is 17.8. The maximum atomic E-state index is 13.1. The van der Waals surface area contributed by atoms with E-state index < -0.39 is 6.04 Å². The molecule has 134 valence electrons. The summed E-state index contributed by atoms with van der Waals surface area (Å²) in [4.78, 5) is 26.9. The molecule has 5 nitrogen and oxygen atoms in total. The number of piperidine rings is 1. The van der Waals surface area contributed by atoms with E-state index in [9.17, 15) is 9.59 Å². The molecule has 2 heterocycles. The molecule has 1 aromatic carbocycles. The van der Waals surface area contributed by atoms with Crippen molar-refractivity contribution >= 4 is 34.4 Å². The predicted octanol–water partition coefficient (Wildman–Crippen LogP) is 4.26. The van der Waals surface area contributed by atoms with E-state index in [1.165, 1.54) is 0 Å². The van der Waals surface area contributed by atoms with E-state index in [1.807, 2.05) is 26.0 Å². The van der Waals surface area contributed by atoms with Crippen LogP contribution in [0, 0.1) is 13.8 Å². The van der Waals surface area contributed by atoms with Crippen LogP contribution in [0.15, 0.2) is 16.5 Å². The third-order valence-electron chi connectivity index (χ3n) is 4.65. The highest BCUT2D eigenvalue weighted by atomic mass is 35.5. The van der Waals surface area contributed by atoms with E-state index >= 15 is 0 Å². The lowest BCUT2D eigenvalue weighted by atomic mass is 10.0. The number of benzene rings is 1. The van der Waals surface area contributed by atoms with Crippen molar-refractivity contribution in [2.24, 2.45) is 0 Å². The first-order valence-corrected chi connectivity index (χ1v) is 8.98. The summed E-state index contributed by atoms with van der Waals surface area (Å²) in [6.45, 7) is 6.38. The molecule has 3 rings (SSSR count). The number of nitrogens with zero attached hydrogens (tertiary/aromatic N) is 1. The SMILES string of the molecule is CCOC(=O)[C@H]1CCCCN1C(=O)c1oc2c(Cl)cc(C)cc2c1C. The molecule has 0 unspecified atom stereocenters. The summed E-state index contributed by atoms with van der Waals surface area (Å²) >= 11 is 6.27. The van der Waals surface area contributed by atoms with Gasteiger partial charge in [0.25, 0.3) is 5.91 Å². The van der Waals surface area contributed by atoms with Gasteiger partial charge in [-0.3, -0.25) is 4.79 Å². The first-order valence-electron chi connectivity index (χ1n) is 8.61. The Kier molecular flexibility index (Phi) is 5.04. The Bertz CT molecular complexity index is 826. The minimum absolute atomic E-state index is 0.249. The molecule has 0 radical (unpaired) electrons. The average Bonchev–Trinajstić information content (AvgIpc) is 2.92. The molecule has 6 heteroatoms. The molecule has 0 aliphatic carbocycles. The lowest BCUT2D eigenvalue weighted by Gasteiger charge is -2.33. The number of rotatable bonds is 3. The molecule has 0 bridgehead atoms. The molecule has 25 heavy (non-hydrogen) atoms. The van der Waals surface area contributed by atoms with Crippen LogP contribution in [0.5, 0.6) is 0 Å². The van der Waals surface area contributed by atoms with Crippen LogP contribution in [0.2, 0.25) is 5.02 Å². The van der Waals surface area contributed by atoms with Crippen LogP contribution in [0.3, 0.4) is 0 Å². The van der Waals surface area contributed by atoms with E-state index in [2.05, 4.69) is 0 Å². The van der Waals surface area contributed by atoms with E-state index in [0.29, 0.717) is 30.2 Å². The Hall–Kier alpha value is -2.01. The topological polar surface area (TPSA) is 59.8 Å². The third kappa shape index (κ3) is 3.25. The largest absolute Gasteiger partial charge is 0.464 e. The fourth-order valence-electron chi connectivity index (χ4n) is 3.40. The van der Waals surface area contributed by atoms with Gasteiger partial charge in [0.2, 0.25) is 0 Å². The number of likely N-dealkylation sites (tertiary alicyclic amines) is 1. The number of carbonyl (C=O) groups is 2. The minimum atomic E-state index is -0.550. The summed E-state index contributed by atoms with van der Waals surface area (Å²) < 4.78 is 10.9. The Morgan fingerprint density at radius 1 is 1.32 bits per heavy atom. The first kappa shape index (κ1) is 17.8. The van der Waals surface area contributed by atoms with Gasteiger partial charge in [-0.25, -0.2) is 4.79 Å². The lowest BCUT2D eigenvalue weighted by Crippen LogP contribution is -2.48. The number of furan rings is 1. The fraction of sp³-hybridized carbons (Fsp3) is 0.474. The van der Waals surface area contributed by atoms with Crippen molar-refractivity contribution in [2.45, 2.75) is 46.1 Å². The molecule has 1 saturated heterocycles. The van der Waals surface area contributed by atoms with Gasteiger partial charge in [0.05, 0.1) is 11.6 Å². The Morgan fingerprint density at radius 3 is 2.80 bits per heavy atom. The number of amides is 1. The molecule has 0 spiro atoms. The number of esters is 1. The van der Waals surface area contributed by atoms with Crippen molar-refractivity contribution < 1.29 is 18.7 Å². The molecular formula is C19H22ClNO4. The Morgan fingerprint density at radius 2 is 2.08 bits per heavy atom. The number of fused-ring (bicyclic) bond motifs is 1. The van der Waals surface area contributed by atoms with Gasteiger partial charge in [0, 0.05) is 17.5 Å². The molecule has 0 N–H and O–H groups in total. The smallest absolute Gasteiger partial charge is 0.328 e. The standard InChI is InChI=1S/C19H22ClNO4/c1-4-24-19(23)15-7-5-6-8-21(15)18(22)16-12(3)13-9-11(2)10-14(20)17(13)25-16/h9-10,15H,4-8H2,1-3H3/t15-/m1/s1. The molecule has 1 amide bonds. The number of halogens is 1. The second-order valence-electron chi connectivity index (χ2n) is 6.44. The van der Waals surface area contributed by atoms with Crippen LogP contribution in [0.25, 0.3) is 11.0 Å². The maximum absolute atomic E-state index is 13.1. The summed E-state index contributed by atoms with van der Waals surface area (Å²) in [6.07, 6.45) is 2.38. The van der Waals surface area contributed by atoms with Crippen molar-refractivity contribution in [3.05, 3.63) is 34.0 Å². The van der Waals surface area contributed by atoms with E-state index in [-0.39, 0.29) is 17.6 Å². The zero-order valence-electron chi connectivity index (χ0n) is 14.7. The summed E-state index contributed by atoms with van der Waals surface area (Å²) in [6, 6.07) is 3.21. The molecule has 1 aliphatic rings. The van der Waals surface area contributed by atoms with Crippen molar-refractivity contribution in [3.8, 4) is 0 Å². The average molecular weight is 364 g/mol. The van der Waals surface area contributed by atoms with Crippen LogP contribution in [-0.2, 0) is 9.53 Å². The Balaban J connectivity index is 1.99. The maximum Gasteiger partial charge on any atom is 0.328 e. The van der Waals surface area contributed by atoms with E-state index in [4.69, 9.17) is 20.8 Å². The zero-order valence-corrected chi connectivity index (χ0v) is 15.5. The van der Waals surface area contributed by atoms with Crippen molar-refractivity contribution in [2.75, 3.05) is 13.2 Å². The van der Waals surface area contributed by atoms with Gasteiger partial charge in [-0.1, -0.05) is 11.6 Å². The van der Waals surface area contributed by atoms with Gasteiger partial charge in [-0.15, -0.1) is 0 Å². The quantitative estimate of drug-likeness (QED) is 0.764.